The Morgan fingerprint density at radius 3 is 2.35 bits per heavy atom. The van der Waals surface area contributed by atoms with E-state index in [2.05, 4.69) is 11.1 Å². The monoisotopic (exact) mass is 411 g/mol. The molecule has 0 atom stereocenters. The summed E-state index contributed by atoms with van der Waals surface area (Å²) in [6, 6.07) is 21.8. The number of rotatable bonds is 3. The number of hydrogen-bond donors (Lipinski definition) is 0. The molecule has 31 heavy (non-hydrogen) atoms. The molecule has 2 aliphatic rings. The molecule has 3 aromatic rings. The summed E-state index contributed by atoms with van der Waals surface area (Å²) in [7, 11) is 0. The van der Waals surface area contributed by atoms with E-state index in [4.69, 9.17) is 0 Å². The van der Waals surface area contributed by atoms with E-state index in [0.29, 0.717) is 25.1 Å². The summed E-state index contributed by atoms with van der Waals surface area (Å²) < 4.78 is 0. The molecular formula is C26H25N3O2. The molecule has 5 rings (SSSR count). The molecule has 2 aliphatic heterocycles. The van der Waals surface area contributed by atoms with Crippen LogP contribution in [-0.4, -0.2) is 40.8 Å². The third kappa shape index (κ3) is 3.83. The van der Waals surface area contributed by atoms with Gasteiger partial charge >= 0.3 is 0 Å². The van der Waals surface area contributed by atoms with E-state index in [1.54, 1.807) is 6.20 Å². The van der Waals surface area contributed by atoms with Gasteiger partial charge in [-0.2, -0.15) is 0 Å². The van der Waals surface area contributed by atoms with Gasteiger partial charge in [-0.1, -0.05) is 36.4 Å². The van der Waals surface area contributed by atoms with E-state index in [0.717, 1.165) is 36.2 Å². The van der Waals surface area contributed by atoms with Crippen LogP contribution >= 0.6 is 0 Å². The van der Waals surface area contributed by atoms with Gasteiger partial charge in [0.05, 0.1) is 5.69 Å². The molecule has 0 radical (unpaired) electrons. The average molecular weight is 412 g/mol. The zero-order valence-corrected chi connectivity index (χ0v) is 17.4. The highest BCUT2D eigenvalue weighted by atomic mass is 16.2. The smallest absolute Gasteiger partial charge is 0.253 e. The van der Waals surface area contributed by atoms with Crippen LogP contribution in [0.3, 0.4) is 0 Å². The van der Waals surface area contributed by atoms with Crippen LogP contribution < -0.4 is 4.90 Å². The molecule has 2 amide bonds. The molecule has 3 heterocycles. The van der Waals surface area contributed by atoms with E-state index in [-0.39, 0.29) is 17.9 Å². The van der Waals surface area contributed by atoms with Gasteiger partial charge in [-0.05, 0) is 55.2 Å². The first-order chi connectivity index (χ1) is 15.2. The second kappa shape index (κ2) is 8.34. The number of para-hydroxylation sites is 1. The number of amides is 2. The second-order valence-electron chi connectivity index (χ2n) is 8.21. The van der Waals surface area contributed by atoms with E-state index < -0.39 is 0 Å². The number of anilines is 1. The van der Waals surface area contributed by atoms with Gasteiger partial charge in [0.25, 0.3) is 5.91 Å². The highest BCUT2D eigenvalue weighted by Crippen LogP contribution is 2.32. The Morgan fingerprint density at radius 1 is 0.871 bits per heavy atom. The van der Waals surface area contributed by atoms with Crippen molar-refractivity contribution in [3.05, 3.63) is 84.1 Å². The van der Waals surface area contributed by atoms with Crippen molar-refractivity contribution in [1.82, 2.24) is 9.88 Å². The summed E-state index contributed by atoms with van der Waals surface area (Å²) in [6.45, 7) is 1.33. The molecule has 0 aliphatic carbocycles. The van der Waals surface area contributed by atoms with Crippen molar-refractivity contribution in [1.29, 1.82) is 0 Å². The number of hydrogen-bond acceptors (Lipinski definition) is 3. The minimum atomic E-state index is 0.0522. The highest BCUT2D eigenvalue weighted by molar-refractivity contribution is 5.97. The van der Waals surface area contributed by atoms with Gasteiger partial charge in [0.2, 0.25) is 5.91 Å². The number of carbonyl (C=O) groups is 2. The van der Waals surface area contributed by atoms with Crippen molar-refractivity contribution in [2.24, 2.45) is 0 Å². The van der Waals surface area contributed by atoms with Crippen molar-refractivity contribution < 1.29 is 9.59 Å². The first-order valence-electron chi connectivity index (χ1n) is 10.9. The Balaban J connectivity index is 1.26. The molecule has 5 nitrogen and oxygen atoms in total. The standard InChI is InChI=1S/C26H25N3O2/c30-25-13-12-20-5-1-2-7-24(20)29(25)22-14-17-28(18-15-22)26(31)21-10-8-19(9-11-21)23-6-3-4-16-27-23/h1-11,16,22H,12-15,17-18H2. The van der Waals surface area contributed by atoms with Gasteiger partial charge in [-0.3, -0.25) is 14.6 Å². The Bertz CT molecular complexity index is 1090. The summed E-state index contributed by atoms with van der Waals surface area (Å²) in [5.74, 6) is 0.255. The lowest BCUT2D eigenvalue weighted by Gasteiger charge is -2.41. The van der Waals surface area contributed by atoms with Gasteiger partial charge in [0, 0.05) is 48.6 Å². The van der Waals surface area contributed by atoms with Crippen molar-refractivity contribution >= 4 is 17.5 Å². The summed E-state index contributed by atoms with van der Waals surface area (Å²) in [5, 5.41) is 0. The van der Waals surface area contributed by atoms with Gasteiger partial charge in [-0.15, -0.1) is 0 Å². The zero-order valence-electron chi connectivity index (χ0n) is 17.4. The molecule has 1 saturated heterocycles. The number of fused-ring (bicyclic) bond motifs is 1. The molecule has 0 N–H and O–H groups in total. The van der Waals surface area contributed by atoms with Crippen LogP contribution in [0, 0.1) is 0 Å². The molecule has 156 valence electrons. The van der Waals surface area contributed by atoms with E-state index in [1.165, 1.54) is 5.56 Å². The number of nitrogens with zero attached hydrogens (tertiary/aromatic N) is 3. The van der Waals surface area contributed by atoms with Crippen molar-refractivity contribution in [3.8, 4) is 11.3 Å². The molecule has 0 spiro atoms. The predicted molar refractivity (Wildman–Crippen MR) is 121 cm³/mol. The average Bonchev–Trinajstić information content (AvgIpc) is 2.84. The second-order valence-corrected chi connectivity index (χ2v) is 8.21. The Hall–Kier alpha value is -3.47. The van der Waals surface area contributed by atoms with Gasteiger partial charge < -0.3 is 9.80 Å². The maximum absolute atomic E-state index is 13.0. The highest BCUT2D eigenvalue weighted by Gasteiger charge is 2.33. The number of aryl methyl sites for hydroxylation is 1. The molecule has 0 saturated carbocycles. The summed E-state index contributed by atoms with van der Waals surface area (Å²) in [4.78, 5) is 34.0. The zero-order chi connectivity index (χ0) is 21.2. The van der Waals surface area contributed by atoms with Crippen LogP contribution in [0.25, 0.3) is 11.3 Å². The molecule has 0 unspecified atom stereocenters. The Morgan fingerprint density at radius 2 is 1.61 bits per heavy atom. The van der Waals surface area contributed by atoms with Crippen molar-refractivity contribution in [2.45, 2.75) is 31.7 Å². The lowest BCUT2D eigenvalue weighted by molar-refractivity contribution is -0.119. The number of likely N-dealkylation sites (tertiary alicyclic amines) is 1. The van der Waals surface area contributed by atoms with Crippen molar-refractivity contribution in [3.63, 3.8) is 0 Å². The fraction of sp³-hybridized carbons (Fsp3) is 0.269. The normalized spacial score (nSPS) is 16.8. The number of piperidine rings is 1. The number of benzene rings is 2. The summed E-state index contributed by atoms with van der Waals surface area (Å²) in [5.41, 5.74) is 4.88. The number of aromatic nitrogens is 1. The summed E-state index contributed by atoms with van der Waals surface area (Å²) >= 11 is 0. The fourth-order valence-corrected chi connectivity index (χ4v) is 4.68. The van der Waals surface area contributed by atoms with Gasteiger partial charge in [0.1, 0.15) is 0 Å². The van der Waals surface area contributed by atoms with E-state index in [1.807, 2.05) is 70.5 Å². The molecule has 1 fully saturated rings. The van der Waals surface area contributed by atoms with Crippen LogP contribution in [-0.2, 0) is 11.2 Å². The largest absolute Gasteiger partial charge is 0.338 e. The maximum Gasteiger partial charge on any atom is 0.253 e. The third-order valence-electron chi connectivity index (χ3n) is 6.34. The molecule has 2 aromatic carbocycles. The minimum absolute atomic E-state index is 0.0522. The van der Waals surface area contributed by atoms with Crippen LogP contribution in [0.1, 0.15) is 35.2 Å². The summed E-state index contributed by atoms with van der Waals surface area (Å²) in [6.07, 6.45) is 4.76. The van der Waals surface area contributed by atoms with Crippen LogP contribution in [0.2, 0.25) is 0 Å². The third-order valence-corrected chi connectivity index (χ3v) is 6.34. The number of pyridine rings is 1. The molecule has 5 heteroatoms. The van der Waals surface area contributed by atoms with E-state index in [9.17, 15) is 9.59 Å². The molecular weight excluding hydrogens is 386 g/mol. The Labute approximate surface area is 182 Å². The number of carbonyl (C=O) groups excluding carboxylic acids is 2. The lowest BCUT2D eigenvalue weighted by Crippen LogP contribution is -2.50. The predicted octanol–water partition coefficient (Wildman–Crippen LogP) is 4.33. The van der Waals surface area contributed by atoms with Crippen LogP contribution in [0.15, 0.2) is 72.9 Å². The van der Waals surface area contributed by atoms with Gasteiger partial charge in [-0.25, -0.2) is 0 Å². The van der Waals surface area contributed by atoms with Crippen LogP contribution in [0.5, 0.6) is 0 Å². The quantitative estimate of drug-likeness (QED) is 0.645. The minimum Gasteiger partial charge on any atom is -0.338 e. The molecule has 0 bridgehead atoms. The lowest BCUT2D eigenvalue weighted by atomic mass is 9.95. The Kier molecular flexibility index (Phi) is 5.24. The van der Waals surface area contributed by atoms with Crippen LogP contribution in [0.4, 0.5) is 5.69 Å². The van der Waals surface area contributed by atoms with Gasteiger partial charge in [0.15, 0.2) is 0 Å². The van der Waals surface area contributed by atoms with Crippen molar-refractivity contribution in [2.75, 3.05) is 18.0 Å². The first kappa shape index (κ1) is 19.5. The fourth-order valence-electron chi connectivity index (χ4n) is 4.68. The van der Waals surface area contributed by atoms with E-state index >= 15 is 0 Å². The first-order valence-corrected chi connectivity index (χ1v) is 10.9. The SMILES string of the molecule is O=C(c1ccc(-c2ccccn2)cc1)N1CCC(N2C(=O)CCc3ccccc32)CC1. The molecule has 1 aromatic heterocycles. The maximum atomic E-state index is 13.0. The topological polar surface area (TPSA) is 53.5 Å².